The van der Waals surface area contributed by atoms with Crippen molar-refractivity contribution in [3.8, 4) is 0 Å². The van der Waals surface area contributed by atoms with Gasteiger partial charge in [-0.1, -0.05) is 41.9 Å². The van der Waals surface area contributed by atoms with Gasteiger partial charge >= 0.3 is 5.97 Å². The Balaban J connectivity index is 2.04. The van der Waals surface area contributed by atoms with Gasteiger partial charge in [0.15, 0.2) is 0 Å². The lowest BCUT2D eigenvalue weighted by Gasteiger charge is -2.34. The summed E-state index contributed by atoms with van der Waals surface area (Å²) in [7, 11) is 1.29. The van der Waals surface area contributed by atoms with Gasteiger partial charge in [0, 0.05) is 35.2 Å². The maximum absolute atomic E-state index is 12.9. The van der Waals surface area contributed by atoms with Crippen molar-refractivity contribution in [2.45, 2.75) is 25.8 Å². The number of methoxy groups -OCH3 is 1. The number of hydrogen-bond acceptors (Lipinski definition) is 5. The molecule has 0 saturated carbocycles. The number of amides is 1. The lowest BCUT2D eigenvalue weighted by Crippen LogP contribution is -2.38. The van der Waals surface area contributed by atoms with E-state index in [9.17, 15) is 19.7 Å². The number of allylic oxidation sites excluding steroid dienone is 1. The zero-order chi connectivity index (χ0) is 21.1. The van der Waals surface area contributed by atoms with Crippen LogP contribution >= 0.6 is 11.6 Å². The first-order valence-corrected chi connectivity index (χ1v) is 9.28. The van der Waals surface area contributed by atoms with Crippen LogP contribution in [0.25, 0.3) is 0 Å². The SMILES string of the molecule is COC(=O)C1=C(C)N(Cc2cccc([N+](=O)[O-])c2)C(=O)CC1c1ccccc1Cl. The second-order valence-electron chi connectivity index (χ2n) is 6.68. The molecule has 0 fully saturated rings. The van der Waals surface area contributed by atoms with Crippen LogP contribution < -0.4 is 0 Å². The number of ether oxygens (including phenoxy) is 1. The van der Waals surface area contributed by atoms with E-state index >= 15 is 0 Å². The molecule has 0 aromatic heterocycles. The van der Waals surface area contributed by atoms with Crippen LogP contribution in [0.4, 0.5) is 5.69 Å². The third kappa shape index (κ3) is 4.14. The van der Waals surface area contributed by atoms with Gasteiger partial charge in [0.05, 0.1) is 24.2 Å². The maximum atomic E-state index is 12.9. The standard InChI is InChI=1S/C21H19ClN2O5/c1-13-20(21(26)29-2)17(16-8-3-4-9-18(16)22)11-19(25)23(13)12-14-6-5-7-15(10-14)24(27)28/h3-10,17H,11-12H2,1-2H3. The van der Waals surface area contributed by atoms with Crippen molar-refractivity contribution < 1.29 is 19.2 Å². The molecule has 1 atom stereocenters. The molecular formula is C21H19ClN2O5. The Morgan fingerprint density at radius 1 is 1.28 bits per heavy atom. The van der Waals surface area contributed by atoms with Crippen LogP contribution in [-0.2, 0) is 20.9 Å². The van der Waals surface area contributed by atoms with Gasteiger partial charge in [0.1, 0.15) is 0 Å². The van der Waals surface area contributed by atoms with Gasteiger partial charge in [-0.2, -0.15) is 0 Å². The smallest absolute Gasteiger partial charge is 0.336 e. The average Bonchev–Trinajstić information content (AvgIpc) is 2.71. The van der Waals surface area contributed by atoms with Gasteiger partial charge in [-0.3, -0.25) is 14.9 Å². The maximum Gasteiger partial charge on any atom is 0.336 e. The van der Waals surface area contributed by atoms with Crippen LogP contribution in [0.1, 0.15) is 30.4 Å². The van der Waals surface area contributed by atoms with Gasteiger partial charge in [-0.05, 0) is 24.1 Å². The van der Waals surface area contributed by atoms with E-state index in [1.807, 2.05) is 0 Å². The van der Waals surface area contributed by atoms with Crippen molar-refractivity contribution in [1.82, 2.24) is 4.90 Å². The number of hydrogen-bond donors (Lipinski definition) is 0. The van der Waals surface area contributed by atoms with Gasteiger partial charge < -0.3 is 9.64 Å². The summed E-state index contributed by atoms with van der Waals surface area (Å²) in [4.78, 5) is 37.5. The molecule has 1 aliphatic heterocycles. The summed E-state index contributed by atoms with van der Waals surface area (Å²) in [5.74, 6) is -1.26. The molecule has 0 bridgehead atoms. The molecule has 0 spiro atoms. The minimum absolute atomic E-state index is 0.0421. The van der Waals surface area contributed by atoms with E-state index in [1.54, 1.807) is 43.3 Å². The molecule has 8 heteroatoms. The molecule has 1 aliphatic rings. The molecule has 0 radical (unpaired) electrons. The number of carbonyl (C=O) groups is 2. The third-order valence-electron chi connectivity index (χ3n) is 4.97. The van der Waals surface area contributed by atoms with E-state index in [-0.39, 0.29) is 24.6 Å². The molecule has 0 saturated heterocycles. The average molecular weight is 415 g/mol. The van der Waals surface area contributed by atoms with Crippen molar-refractivity contribution in [2.24, 2.45) is 0 Å². The molecule has 2 aromatic carbocycles. The summed E-state index contributed by atoms with van der Waals surface area (Å²) in [6.45, 7) is 1.78. The monoisotopic (exact) mass is 414 g/mol. The lowest BCUT2D eigenvalue weighted by molar-refractivity contribution is -0.384. The minimum atomic E-state index is -0.538. The van der Waals surface area contributed by atoms with Gasteiger partial charge in [0.2, 0.25) is 5.91 Å². The Hall–Kier alpha value is -3.19. The number of nitro groups is 1. The summed E-state index contributed by atoms with van der Waals surface area (Å²) in [6.07, 6.45) is 0.0421. The second-order valence-corrected chi connectivity index (χ2v) is 7.08. The third-order valence-corrected chi connectivity index (χ3v) is 5.32. The molecular weight excluding hydrogens is 396 g/mol. The number of rotatable bonds is 5. The fourth-order valence-electron chi connectivity index (χ4n) is 3.55. The van der Waals surface area contributed by atoms with Crippen molar-refractivity contribution in [2.75, 3.05) is 7.11 Å². The normalized spacial score (nSPS) is 16.7. The van der Waals surface area contributed by atoms with Crippen LogP contribution in [0.5, 0.6) is 0 Å². The Morgan fingerprint density at radius 3 is 2.66 bits per heavy atom. The van der Waals surface area contributed by atoms with Crippen LogP contribution in [0.3, 0.4) is 0 Å². The molecule has 7 nitrogen and oxygen atoms in total. The van der Waals surface area contributed by atoms with Gasteiger partial charge in [-0.25, -0.2) is 4.79 Å². The van der Waals surface area contributed by atoms with E-state index in [4.69, 9.17) is 16.3 Å². The predicted molar refractivity (Wildman–Crippen MR) is 107 cm³/mol. The van der Waals surface area contributed by atoms with E-state index in [2.05, 4.69) is 0 Å². The second kappa shape index (κ2) is 8.45. The summed E-state index contributed by atoms with van der Waals surface area (Å²) >= 11 is 6.32. The van der Waals surface area contributed by atoms with E-state index in [0.29, 0.717) is 27.4 Å². The Bertz CT molecular complexity index is 1020. The van der Waals surface area contributed by atoms with Crippen LogP contribution in [0.15, 0.2) is 59.8 Å². The van der Waals surface area contributed by atoms with Crippen LogP contribution in [0.2, 0.25) is 5.02 Å². The van der Waals surface area contributed by atoms with E-state index in [1.165, 1.54) is 24.1 Å². The first-order chi connectivity index (χ1) is 13.8. The zero-order valence-corrected chi connectivity index (χ0v) is 16.7. The van der Waals surface area contributed by atoms with E-state index < -0.39 is 16.8 Å². The molecule has 150 valence electrons. The molecule has 3 rings (SSSR count). The Kier molecular flexibility index (Phi) is 5.98. The molecule has 2 aromatic rings. The van der Waals surface area contributed by atoms with Crippen LogP contribution in [0, 0.1) is 10.1 Å². The minimum Gasteiger partial charge on any atom is -0.466 e. The van der Waals surface area contributed by atoms with Crippen LogP contribution in [-0.4, -0.2) is 28.8 Å². The van der Waals surface area contributed by atoms with Crippen molar-refractivity contribution in [3.63, 3.8) is 0 Å². The highest BCUT2D eigenvalue weighted by atomic mass is 35.5. The van der Waals surface area contributed by atoms with Crippen molar-refractivity contribution in [1.29, 1.82) is 0 Å². The number of halogens is 1. The summed E-state index contributed by atoms with van der Waals surface area (Å²) < 4.78 is 4.97. The number of nitrogens with zero attached hydrogens (tertiary/aromatic N) is 2. The zero-order valence-electron chi connectivity index (χ0n) is 15.9. The highest BCUT2D eigenvalue weighted by Gasteiger charge is 2.37. The topological polar surface area (TPSA) is 89.8 Å². The number of non-ortho nitro benzene ring substituents is 1. The Morgan fingerprint density at radius 2 is 2.00 bits per heavy atom. The van der Waals surface area contributed by atoms with Crippen molar-refractivity contribution in [3.05, 3.63) is 86.1 Å². The van der Waals surface area contributed by atoms with Crippen molar-refractivity contribution >= 4 is 29.2 Å². The molecule has 0 aliphatic carbocycles. The quantitative estimate of drug-likeness (QED) is 0.415. The largest absolute Gasteiger partial charge is 0.466 e. The first kappa shape index (κ1) is 20.5. The molecule has 1 unspecified atom stereocenters. The molecule has 1 heterocycles. The first-order valence-electron chi connectivity index (χ1n) is 8.90. The summed E-state index contributed by atoms with van der Waals surface area (Å²) in [5, 5.41) is 11.5. The number of carbonyl (C=O) groups excluding carboxylic acids is 2. The number of nitro benzene ring substituents is 1. The molecule has 1 amide bonds. The van der Waals surface area contributed by atoms with E-state index in [0.717, 1.165) is 0 Å². The number of benzene rings is 2. The lowest BCUT2D eigenvalue weighted by atomic mass is 9.83. The Labute approximate surface area is 172 Å². The molecule has 29 heavy (non-hydrogen) atoms. The highest BCUT2D eigenvalue weighted by molar-refractivity contribution is 6.31. The fraction of sp³-hybridized carbons (Fsp3) is 0.238. The fourth-order valence-corrected chi connectivity index (χ4v) is 3.82. The number of esters is 1. The molecule has 0 N–H and O–H groups in total. The highest BCUT2D eigenvalue weighted by Crippen LogP contribution is 2.40. The van der Waals surface area contributed by atoms with Gasteiger partial charge in [0.25, 0.3) is 5.69 Å². The summed E-state index contributed by atoms with van der Waals surface area (Å²) in [5.41, 5.74) is 2.01. The van der Waals surface area contributed by atoms with Gasteiger partial charge in [-0.15, -0.1) is 0 Å². The predicted octanol–water partition coefficient (Wildman–Crippen LogP) is 4.21. The summed E-state index contributed by atoms with van der Waals surface area (Å²) in [6, 6.07) is 13.1.